The van der Waals surface area contributed by atoms with Gasteiger partial charge in [0.15, 0.2) is 11.5 Å². The first kappa shape index (κ1) is 13.4. The zero-order valence-corrected chi connectivity index (χ0v) is 11.0. The molecule has 0 amide bonds. The molecule has 2 heterocycles. The third-order valence-electron chi connectivity index (χ3n) is 2.24. The van der Waals surface area contributed by atoms with Crippen LogP contribution in [-0.4, -0.2) is 26.5 Å². The fraction of sp³-hybridized carbons (Fsp3) is 0.583. The normalized spacial score (nSPS) is 10.2. The molecule has 2 rings (SSSR count). The van der Waals surface area contributed by atoms with Crippen molar-refractivity contribution in [3.05, 3.63) is 12.7 Å². The van der Waals surface area contributed by atoms with Gasteiger partial charge in [-0.05, 0) is 12.3 Å². The number of aromatic nitrogens is 4. The molecule has 0 atom stereocenters. The summed E-state index contributed by atoms with van der Waals surface area (Å²) in [5.74, 6) is 1.52. The molecule has 0 aliphatic heterocycles. The predicted octanol–water partition coefficient (Wildman–Crippen LogP) is 2.84. The molecule has 5 heteroatoms. The molecule has 0 saturated heterocycles. The van der Waals surface area contributed by atoms with E-state index in [9.17, 15) is 0 Å². The minimum atomic E-state index is 0.691. The number of hydrogen-bond donors (Lipinski definition) is 2. The SMILES string of the molecule is CC.CC(C)CCNc1ncnc2nc[nH]c12. The van der Waals surface area contributed by atoms with E-state index in [1.807, 2.05) is 13.8 Å². The summed E-state index contributed by atoms with van der Waals surface area (Å²) in [5.41, 5.74) is 1.58. The van der Waals surface area contributed by atoms with Crippen LogP contribution in [-0.2, 0) is 0 Å². The Morgan fingerprint density at radius 3 is 2.71 bits per heavy atom. The molecule has 5 nitrogen and oxygen atoms in total. The number of imidazole rings is 1. The highest BCUT2D eigenvalue weighted by Gasteiger charge is 2.04. The van der Waals surface area contributed by atoms with Crippen LogP contribution in [0, 0.1) is 5.92 Å². The molecule has 17 heavy (non-hydrogen) atoms. The molecule has 2 aromatic heterocycles. The van der Waals surface area contributed by atoms with Crippen LogP contribution in [0.15, 0.2) is 12.7 Å². The van der Waals surface area contributed by atoms with Crippen molar-refractivity contribution in [2.75, 3.05) is 11.9 Å². The molecule has 2 N–H and O–H groups in total. The van der Waals surface area contributed by atoms with E-state index in [0.29, 0.717) is 11.6 Å². The number of nitrogens with zero attached hydrogens (tertiary/aromatic N) is 3. The summed E-state index contributed by atoms with van der Waals surface area (Å²) >= 11 is 0. The van der Waals surface area contributed by atoms with E-state index in [2.05, 4.69) is 39.1 Å². The summed E-state index contributed by atoms with van der Waals surface area (Å²) in [7, 11) is 0. The average molecular weight is 235 g/mol. The maximum absolute atomic E-state index is 4.18. The van der Waals surface area contributed by atoms with Crippen molar-refractivity contribution in [2.45, 2.75) is 34.1 Å². The van der Waals surface area contributed by atoms with Crippen LogP contribution in [0.25, 0.3) is 11.2 Å². The Balaban J connectivity index is 0.000000686. The lowest BCUT2D eigenvalue weighted by Gasteiger charge is -2.07. The molecular weight excluding hydrogens is 214 g/mol. The summed E-state index contributed by atoms with van der Waals surface area (Å²) in [4.78, 5) is 15.3. The lowest BCUT2D eigenvalue weighted by Crippen LogP contribution is -2.06. The molecular formula is C12H21N5. The van der Waals surface area contributed by atoms with Crippen LogP contribution in [0.2, 0.25) is 0 Å². The third kappa shape index (κ3) is 3.69. The van der Waals surface area contributed by atoms with Gasteiger partial charge < -0.3 is 10.3 Å². The largest absolute Gasteiger partial charge is 0.368 e. The molecule has 94 valence electrons. The predicted molar refractivity (Wildman–Crippen MR) is 71.0 cm³/mol. The highest BCUT2D eigenvalue weighted by Crippen LogP contribution is 2.14. The van der Waals surface area contributed by atoms with Gasteiger partial charge in [0.25, 0.3) is 0 Å². The van der Waals surface area contributed by atoms with Crippen LogP contribution in [0.3, 0.4) is 0 Å². The van der Waals surface area contributed by atoms with Gasteiger partial charge in [0.05, 0.1) is 6.33 Å². The topological polar surface area (TPSA) is 66.5 Å². The second-order valence-corrected chi connectivity index (χ2v) is 3.93. The fourth-order valence-corrected chi connectivity index (χ4v) is 1.38. The van der Waals surface area contributed by atoms with Crippen molar-refractivity contribution >= 4 is 17.0 Å². The van der Waals surface area contributed by atoms with Gasteiger partial charge in [-0.3, -0.25) is 0 Å². The van der Waals surface area contributed by atoms with Gasteiger partial charge in [-0.15, -0.1) is 0 Å². The summed E-state index contributed by atoms with van der Waals surface area (Å²) in [6.07, 6.45) is 4.29. The Labute approximate surface area is 102 Å². The lowest BCUT2D eigenvalue weighted by atomic mass is 10.1. The zero-order valence-electron chi connectivity index (χ0n) is 11.0. The van der Waals surface area contributed by atoms with Crippen molar-refractivity contribution in [2.24, 2.45) is 5.92 Å². The summed E-state index contributed by atoms with van der Waals surface area (Å²) in [6, 6.07) is 0. The van der Waals surface area contributed by atoms with Gasteiger partial charge in [-0.25, -0.2) is 15.0 Å². The summed E-state index contributed by atoms with van der Waals surface area (Å²) < 4.78 is 0. The molecule has 0 aromatic carbocycles. The third-order valence-corrected chi connectivity index (χ3v) is 2.24. The number of nitrogens with one attached hydrogen (secondary N) is 2. The number of fused-ring (bicyclic) bond motifs is 1. The zero-order chi connectivity index (χ0) is 12.7. The van der Waals surface area contributed by atoms with Crippen LogP contribution in [0.5, 0.6) is 0 Å². The maximum atomic E-state index is 4.18. The summed E-state index contributed by atoms with van der Waals surface area (Å²) in [6.45, 7) is 9.32. The van der Waals surface area contributed by atoms with Crippen molar-refractivity contribution in [1.82, 2.24) is 19.9 Å². The van der Waals surface area contributed by atoms with Gasteiger partial charge >= 0.3 is 0 Å². The van der Waals surface area contributed by atoms with Crippen molar-refractivity contribution in [1.29, 1.82) is 0 Å². The summed E-state index contributed by atoms with van der Waals surface area (Å²) in [5, 5.41) is 3.28. The number of hydrogen-bond acceptors (Lipinski definition) is 4. The Morgan fingerprint density at radius 2 is 2.00 bits per heavy atom. The standard InChI is InChI=1S/C10H15N5.C2H6/c1-7(2)3-4-11-9-8-10(13-5-12-8)15-6-14-9;1-2/h5-7H,3-4H2,1-2H3,(H2,11,12,13,14,15);1-2H3. The van der Waals surface area contributed by atoms with Crippen LogP contribution in [0.1, 0.15) is 34.1 Å². The smallest absolute Gasteiger partial charge is 0.182 e. The van der Waals surface area contributed by atoms with Crippen molar-refractivity contribution < 1.29 is 0 Å². The first-order chi connectivity index (χ1) is 8.27. The van der Waals surface area contributed by atoms with E-state index in [0.717, 1.165) is 24.3 Å². The monoisotopic (exact) mass is 235 g/mol. The molecule has 0 bridgehead atoms. The molecule has 0 spiro atoms. The molecule has 0 aliphatic carbocycles. The Morgan fingerprint density at radius 1 is 1.24 bits per heavy atom. The second kappa shape index (κ2) is 6.83. The van der Waals surface area contributed by atoms with Gasteiger partial charge in [-0.1, -0.05) is 27.7 Å². The van der Waals surface area contributed by atoms with Gasteiger partial charge in [0.2, 0.25) is 0 Å². The van der Waals surface area contributed by atoms with Gasteiger partial charge in [0, 0.05) is 6.54 Å². The first-order valence-corrected chi connectivity index (χ1v) is 6.15. The van der Waals surface area contributed by atoms with E-state index in [1.54, 1.807) is 6.33 Å². The molecule has 0 aliphatic rings. The quantitative estimate of drug-likeness (QED) is 0.855. The van der Waals surface area contributed by atoms with Gasteiger partial charge in [0.1, 0.15) is 11.8 Å². The van der Waals surface area contributed by atoms with E-state index in [-0.39, 0.29) is 0 Å². The second-order valence-electron chi connectivity index (χ2n) is 3.93. The highest BCUT2D eigenvalue weighted by atomic mass is 15.1. The van der Waals surface area contributed by atoms with Crippen LogP contribution in [0.4, 0.5) is 5.82 Å². The number of rotatable bonds is 4. The fourth-order valence-electron chi connectivity index (χ4n) is 1.38. The minimum absolute atomic E-state index is 0.691. The maximum Gasteiger partial charge on any atom is 0.182 e. The molecule has 2 aromatic rings. The lowest BCUT2D eigenvalue weighted by molar-refractivity contribution is 0.607. The van der Waals surface area contributed by atoms with E-state index >= 15 is 0 Å². The molecule has 0 unspecified atom stereocenters. The van der Waals surface area contributed by atoms with Gasteiger partial charge in [-0.2, -0.15) is 0 Å². The van der Waals surface area contributed by atoms with E-state index < -0.39 is 0 Å². The molecule has 0 fully saturated rings. The Bertz CT molecular complexity index is 435. The highest BCUT2D eigenvalue weighted by molar-refractivity contribution is 5.81. The Kier molecular flexibility index (Phi) is 5.39. The van der Waals surface area contributed by atoms with Crippen LogP contribution < -0.4 is 5.32 Å². The van der Waals surface area contributed by atoms with E-state index in [1.165, 1.54) is 6.33 Å². The Hall–Kier alpha value is -1.65. The van der Waals surface area contributed by atoms with Crippen molar-refractivity contribution in [3.8, 4) is 0 Å². The molecule has 0 radical (unpaired) electrons. The minimum Gasteiger partial charge on any atom is -0.368 e. The number of H-pyrrole nitrogens is 1. The number of aromatic amines is 1. The van der Waals surface area contributed by atoms with Crippen molar-refractivity contribution in [3.63, 3.8) is 0 Å². The number of anilines is 1. The average Bonchev–Trinajstić information content (AvgIpc) is 2.80. The van der Waals surface area contributed by atoms with E-state index in [4.69, 9.17) is 0 Å². The van der Waals surface area contributed by atoms with Crippen LogP contribution >= 0.6 is 0 Å². The molecule has 0 saturated carbocycles. The first-order valence-electron chi connectivity index (χ1n) is 6.15.